The summed E-state index contributed by atoms with van der Waals surface area (Å²) in [6.07, 6.45) is -3.02. The summed E-state index contributed by atoms with van der Waals surface area (Å²) >= 11 is 0. The van der Waals surface area contributed by atoms with Crippen LogP contribution in [-0.4, -0.2) is 23.1 Å². The summed E-state index contributed by atoms with van der Waals surface area (Å²) in [6, 6.07) is 6.07. The second-order valence-electron chi connectivity index (χ2n) is 6.93. The van der Waals surface area contributed by atoms with Gasteiger partial charge in [-0.3, -0.25) is 0 Å². The number of fused-ring (bicyclic) bond motifs is 1. The second-order valence-corrected chi connectivity index (χ2v) is 6.93. The van der Waals surface area contributed by atoms with E-state index in [9.17, 15) is 22.0 Å². The van der Waals surface area contributed by atoms with Crippen LogP contribution >= 0.6 is 0 Å². The number of rotatable bonds is 4. The summed E-state index contributed by atoms with van der Waals surface area (Å²) in [6.45, 7) is 2.32. The van der Waals surface area contributed by atoms with Crippen molar-refractivity contribution in [2.24, 2.45) is 0 Å². The quantitative estimate of drug-likeness (QED) is 0.577. The molecule has 1 aromatic carbocycles. The number of nitrogens with one attached hydrogen (secondary N) is 1. The van der Waals surface area contributed by atoms with Crippen molar-refractivity contribution >= 4 is 5.69 Å². The summed E-state index contributed by atoms with van der Waals surface area (Å²) in [7, 11) is 0. The number of halogens is 5. The van der Waals surface area contributed by atoms with Crippen LogP contribution in [0.4, 0.5) is 27.6 Å². The van der Waals surface area contributed by atoms with E-state index in [1.165, 1.54) is 6.07 Å². The standard InChI is InChI=1S/C21H18F5N3O/c1-2-30-19-9-13(21(24,25)26)18(10-27-19)29-7-6-16-12(11-29)8-17(28-16)20-14(22)4-3-5-15(20)23/h3-5,8-10,28H,2,6-7,11H2,1H3. The molecule has 4 nitrogen and oxygen atoms in total. The number of aromatic nitrogens is 2. The maximum Gasteiger partial charge on any atom is 0.418 e. The van der Waals surface area contributed by atoms with Crippen LogP contribution in [0.25, 0.3) is 11.3 Å². The molecule has 0 unspecified atom stereocenters. The van der Waals surface area contributed by atoms with Gasteiger partial charge in [0.25, 0.3) is 0 Å². The van der Waals surface area contributed by atoms with Crippen LogP contribution in [0.3, 0.4) is 0 Å². The lowest BCUT2D eigenvalue weighted by Crippen LogP contribution is -2.32. The zero-order valence-electron chi connectivity index (χ0n) is 16.0. The summed E-state index contributed by atoms with van der Waals surface area (Å²) < 4.78 is 74.2. The molecule has 0 saturated heterocycles. The van der Waals surface area contributed by atoms with E-state index < -0.39 is 23.4 Å². The van der Waals surface area contributed by atoms with E-state index in [-0.39, 0.29) is 36.0 Å². The Labute approximate surface area is 169 Å². The first-order valence-electron chi connectivity index (χ1n) is 9.38. The van der Waals surface area contributed by atoms with Gasteiger partial charge < -0.3 is 14.6 Å². The number of ether oxygens (including phenoxy) is 1. The first-order valence-corrected chi connectivity index (χ1v) is 9.38. The van der Waals surface area contributed by atoms with E-state index in [0.717, 1.165) is 30.1 Å². The number of alkyl halides is 3. The molecule has 3 aromatic rings. The van der Waals surface area contributed by atoms with E-state index in [2.05, 4.69) is 9.97 Å². The number of hydrogen-bond acceptors (Lipinski definition) is 3. The first kappa shape index (κ1) is 20.2. The Morgan fingerprint density at radius 3 is 2.57 bits per heavy atom. The van der Waals surface area contributed by atoms with Gasteiger partial charge in [-0.25, -0.2) is 13.8 Å². The molecule has 0 spiro atoms. The average molecular weight is 423 g/mol. The Kier molecular flexibility index (Phi) is 5.13. The fourth-order valence-electron chi connectivity index (χ4n) is 3.67. The van der Waals surface area contributed by atoms with Crippen molar-refractivity contribution < 1.29 is 26.7 Å². The first-order chi connectivity index (χ1) is 14.3. The van der Waals surface area contributed by atoms with Crippen LogP contribution in [0.15, 0.2) is 36.5 Å². The second kappa shape index (κ2) is 7.62. The van der Waals surface area contributed by atoms with Crippen molar-refractivity contribution in [3.8, 4) is 17.1 Å². The van der Waals surface area contributed by atoms with E-state index in [1.807, 2.05) is 0 Å². The summed E-state index contributed by atoms with van der Waals surface area (Å²) in [5, 5.41) is 0. The normalized spacial score (nSPS) is 14.0. The van der Waals surface area contributed by atoms with Crippen molar-refractivity contribution in [2.75, 3.05) is 18.1 Å². The Morgan fingerprint density at radius 2 is 1.90 bits per heavy atom. The summed E-state index contributed by atoms with van der Waals surface area (Å²) in [5.74, 6) is -1.51. The number of benzene rings is 1. The predicted octanol–water partition coefficient (Wildman–Crippen LogP) is 5.34. The van der Waals surface area contributed by atoms with Crippen LogP contribution < -0.4 is 9.64 Å². The molecule has 2 aromatic heterocycles. The van der Waals surface area contributed by atoms with Crippen molar-refractivity contribution in [2.45, 2.75) is 26.1 Å². The molecule has 1 aliphatic rings. The fourth-order valence-corrected chi connectivity index (χ4v) is 3.67. The molecule has 0 bridgehead atoms. The van der Waals surface area contributed by atoms with Gasteiger partial charge in [-0.15, -0.1) is 0 Å². The van der Waals surface area contributed by atoms with Gasteiger partial charge in [0.1, 0.15) is 11.6 Å². The van der Waals surface area contributed by atoms with Gasteiger partial charge in [-0.1, -0.05) is 6.07 Å². The van der Waals surface area contributed by atoms with Gasteiger partial charge in [0.15, 0.2) is 0 Å². The maximum atomic E-state index is 14.1. The van der Waals surface area contributed by atoms with Crippen LogP contribution in [0, 0.1) is 11.6 Å². The topological polar surface area (TPSA) is 41.1 Å². The number of nitrogens with zero attached hydrogens (tertiary/aromatic N) is 2. The van der Waals surface area contributed by atoms with Crippen LogP contribution in [0.5, 0.6) is 5.88 Å². The minimum Gasteiger partial charge on any atom is -0.478 e. The lowest BCUT2D eigenvalue weighted by Gasteiger charge is -2.31. The molecule has 158 valence electrons. The highest BCUT2D eigenvalue weighted by molar-refractivity contribution is 5.64. The summed E-state index contributed by atoms with van der Waals surface area (Å²) in [5.41, 5.74) is 0.615. The predicted molar refractivity (Wildman–Crippen MR) is 101 cm³/mol. The molecule has 4 rings (SSSR count). The largest absolute Gasteiger partial charge is 0.478 e. The van der Waals surface area contributed by atoms with Gasteiger partial charge in [0.05, 0.1) is 35.3 Å². The molecule has 3 heterocycles. The maximum absolute atomic E-state index is 14.1. The molecule has 0 amide bonds. The molecule has 0 saturated carbocycles. The molecule has 1 N–H and O–H groups in total. The lowest BCUT2D eigenvalue weighted by atomic mass is 10.1. The molecular weight excluding hydrogens is 405 g/mol. The highest BCUT2D eigenvalue weighted by Crippen LogP contribution is 2.40. The van der Waals surface area contributed by atoms with Crippen molar-refractivity contribution in [3.63, 3.8) is 0 Å². The summed E-state index contributed by atoms with van der Waals surface area (Å²) in [4.78, 5) is 8.55. The Morgan fingerprint density at radius 1 is 1.17 bits per heavy atom. The van der Waals surface area contributed by atoms with Crippen LogP contribution in [-0.2, 0) is 19.1 Å². The third kappa shape index (κ3) is 3.71. The monoisotopic (exact) mass is 423 g/mol. The third-order valence-electron chi connectivity index (χ3n) is 5.01. The van der Waals surface area contributed by atoms with Gasteiger partial charge >= 0.3 is 6.18 Å². The Hall–Kier alpha value is -3.10. The molecular formula is C21H18F5N3O. The zero-order valence-corrected chi connectivity index (χ0v) is 16.0. The van der Waals surface area contributed by atoms with Crippen molar-refractivity contribution in [3.05, 3.63) is 65.0 Å². The van der Waals surface area contributed by atoms with Crippen molar-refractivity contribution in [1.82, 2.24) is 9.97 Å². The van der Waals surface area contributed by atoms with Crippen LogP contribution in [0.1, 0.15) is 23.7 Å². The van der Waals surface area contributed by atoms with Gasteiger partial charge in [-0.05, 0) is 30.7 Å². The van der Waals surface area contributed by atoms with E-state index in [0.29, 0.717) is 18.5 Å². The molecule has 0 aliphatic carbocycles. The Bertz CT molecular complexity index is 1060. The number of H-pyrrole nitrogens is 1. The molecule has 0 fully saturated rings. The number of hydrogen-bond donors (Lipinski definition) is 1. The fraction of sp³-hybridized carbons (Fsp3) is 0.286. The van der Waals surface area contributed by atoms with Crippen molar-refractivity contribution in [1.29, 1.82) is 0 Å². The highest BCUT2D eigenvalue weighted by atomic mass is 19.4. The molecule has 0 atom stereocenters. The molecule has 30 heavy (non-hydrogen) atoms. The molecule has 9 heteroatoms. The molecule has 1 aliphatic heterocycles. The van der Waals surface area contributed by atoms with E-state index >= 15 is 0 Å². The van der Waals surface area contributed by atoms with Gasteiger partial charge in [0, 0.05) is 31.3 Å². The average Bonchev–Trinajstić information content (AvgIpc) is 3.10. The Balaban J connectivity index is 1.68. The van der Waals surface area contributed by atoms with Gasteiger partial charge in [0.2, 0.25) is 5.88 Å². The lowest BCUT2D eigenvalue weighted by molar-refractivity contribution is -0.137. The minimum absolute atomic E-state index is 0.0589. The zero-order chi connectivity index (χ0) is 21.5. The van der Waals surface area contributed by atoms with Crippen LogP contribution in [0.2, 0.25) is 0 Å². The number of anilines is 1. The number of aromatic amines is 1. The SMILES string of the molecule is CCOc1cc(C(F)(F)F)c(N2CCc3[nH]c(-c4c(F)cccc4F)cc3C2)cn1. The van der Waals surface area contributed by atoms with E-state index in [4.69, 9.17) is 4.74 Å². The smallest absolute Gasteiger partial charge is 0.418 e. The third-order valence-corrected chi connectivity index (χ3v) is 5.01. The minimum atomic E-state index is -4.58. The van der Waals surface area contributed by atoms with E-state index in [1.54, 1.807) is 17.9 Å². The van der Waals surface area contributed by atoms with Gasteiger partial charge in [-0.2, -0.15) is 13.2 Å². The highest BCUT2D eigenvalue weighted by Gasteiger charge is 2.37. The molecule has 0 radical (unpaired) electrons. The number of pyridine rings is 1.